The van der Waals surface area contributed by atoms with Gasteiger partial charge in [0.05, 0.1) is 11.1 Å². The molecule has 0 saturated carbocycles. The van der Waals surface area contributed by atoms with E-state index in [2.05, 4.69) is 11.1 Å². The summed E-state index contributed by atoms with van der Waals surface area (Å²) in [6.07, 6.45) is 0.698. The van der Waals surface area contributed by atoms with Crippen molar-refractivity contribution in [3.05, 3.63) is 35.4 Å². The Morgan fingerprint density at radius 2 is 2.06 bits per heavy atom. The van der Waals surface area contributed by atoms with E-state index in [0.717, 1.165) is 16.5 Å². The van der Waals surface area contributed by atoms with Crippen LogP contribution in [-0.2, 0) is 6.42 Å². The number of rotatable bonds is 2. The lowest BCUT2D eigenvalue weighted by Gasteiger charge is -2.06. The van der Waals surface area contributed by atoms with Gasteiger partial charge in [0.1, 0.15) is 11.9 Å². The summed E-state index contributed by atoms with van der Waals surface area (Å²) in [6, 6.07) is 9.50. The summed E-state index contributed by atoms with van der Waals surface area (Å²) in [5, 5.41) is 10.00. The molecule has 0 saturated heterocycles. The SMILES string of the molecule is N#Cc1c(CCN)ccc2nc(N)ccc12. The molecule has 1 aromatic carbocycles. The highest BCUT2D eigenvalue weighted by Gasteiger charge is 2.07. The standard InChI is InChI=1S/C12H12N4/c13-6-5-8-1-3-11-9(10(8)7-14)2-4-12(15)16-11/h1-4H,5-6,13H2,(H2,15,16). The van der Waals surface area contributed by atoms with Gasteiger partial charge in [0.15, 0.2) is 0 Å². The van der Waals surface area contributed by atoms with Gasteiger partial charge in [-0.15, -0.1) is 0 Å². The first kappa shape index (κ1) is 10.4. The van der Waals surface area contributed by atoms with E-state index in [1.54, 1.807) is 6.07 Å². The molecule has 1 aromatic heterocycles. The van der Waals surface area contributed by atoms with Gasteiger partial charge in [-0.2, -0.15) is 5.26 Å². The first-order valence-corrected chi connectivity index (χ1v) is 5.04. The maximum atomic E-state index is 9.16. The van der Waals surface area contributed by atoms with Gasteiger partial charge < -0.3 is 11.5 Å². The van der Waals surface area contributed by atoms with E-state index >= 15 is 0 Å². The summed E-state index contributed by atoms with van der Waals surface area (Å²) >= 11 is 0. The molecular formula is C12H12N4. The summed E-state index contributed by atoms with van der Waals surface area (Å²) in [7, 11) is 0. The molecule has 2 aromatic rings. The van der Waals surface area contributed by atoms with Gasteiger partial charge in [-0.05, 0) is 36.7 Å². The highest BCUT2D eigenvalue weighted by atomic mass is 14.8. The summed E-state index contributed by atoms with van der Waals surface area (Å²) in [5.41, 5.74) is 13.5. The smallest absolute Gasteiger partial charge is 0.124 e. The Kier molecular flexibility index (Phi) is 2.71. The van der Waals surface area contributed by atoms with E-state index in [-0.39, 0.29) is 0 Å². The van der Waals surface area contributed by atoms with Gasteiger partial charge in [-0.1, -0.05) is 6.07 Å². The molecule has 0 spiro atoms. The summed E-state index contributed by atoms with van der Waals surface area (Å²) in [4.78, 5) is 4.18. The number of benzene rings is 1. The van der Waals surface area contributed by atoms with Crippen molar-refractivity contribution in [1.82, 2.24) is 4.98 Å². The first-order valence-electron chi connectivity index (χ1n) is 5.04. The number of hydrogen-bond donors (Lipinski definition) is 2. The van der Waals surface area contributed by atoms with Crippen LogP contribution in [0.3, 0.4) is 0 Å². The molecule has 0 atom stereocenters. The Labute approximate surface area is 93.5 Å². The lowest BCUT2D eigenvalue weighted by molar-refractivity contribution is 0.967. The molecule has 0 unspecified atom stereocenters. The van der Waals surface area contributed by atoms with E-state index < -0.39 is 0 Å². The number of anilines is 1. The van der Waals surface area contributed by atoms with Gasteiger partial charge in [0.2, 0.25) is 0 Å². The van der Waals surface area contributed by atoms with Crippen molar-refractivity contribution in [2.24, 2.45) is 5.73 Å². The number of aromatic nitrogens is 1. The first-order chi connectivity index (χ1) is 7.76. The average Bonchev–Trinajstić information content (AvgIpc) is 2.29. The van der Waals surface area contributed by atoms with Crippen molar-refractivity contribution in [2.75, 3.05) is 12.3 Å². The molecule has 0 bridgehead atoms. The van der Waals surface area contributed by atoms with Crippen molar-refractivity contribution < 1.29 is 0 Å². The molecule has 0 amide bonds. The Balaban J connectivity index is 2.72. The summed E-state index contributed by atoms with van der Waals surface area (Å²) in [6.45, 7) is 0.530. The molecule has 80 valence electrons. The van der Waals surface area contributed by atoms with E-state index in [4.69, 9.17) is 16.7 Å². The van der Waals surface area contributed by atoms with Crippen LogP contribution < -0.4 is 11.5 Å². The third kappa shape index (κ3) is 1.69. The topological polar surface area (TPSA) is 88.7 Å². The minimum absolute atomic E-state index is 0.461. The lowest BCUT2D eigenvalue weighted by Crippen LogP contribution is -2.05. The Morgan fingerprint density at radius 1 is 1.25 bits per heavy atom. The van der Waals surface area contributed by atoms with Crippen molar-refractivity contribution in [3.8, 4) is 6.07 Å². The van der Waals surface area contributed by atoms with Gasteiger partial charge in [-0.3, -0.25) is 0 Å². The van der Waals surface area contributed by atoms with Gasteiger partial charge >= 0.3 is 0 Å². The fourth-order valence-electron chi connectivity index (χ4n) is 1.76. The number of nitrogens with two attached hydrogens (primary N) is 2. The van der Waals surface area contributed by atoms with Crippen LogP contribution in [0.15, 0.2) is 24.3 Å². The zero-order valence-electron chi connectivity index (χ0n) is 8.77. The summed E-state index contributed by atoms with van der Waals surface area (Å²) < 4.78 is 0. The van der Waals surface area contributed by atoms with Crippen molar-refractivity contribution >= 4 is 16.7 Å². The second kappa shape index (κ2) is 4.17. The molecule has 0 radical (unpaired) electrons. The average molecular weight is 212 g/mol. The zero-order valence-corrected chi connectivity index (χ0v) is 8.77. The molecule has 0 fully saturated rings. The van der Waals surface area contributed by atoms with Crippen molar-refractivity contribution in [2.45, 2.75) is 6.42 Å². The zero-order chi connectivity index (χ0) is 11.5. The maximum absolute atomic E-state index is 9.16. The Bertz CT molecular complexity index is 569. The minimum atomic E-state index is 0.461. The second-order valence-electron chi connectivity index (χ2n) is 3.55. The monoisotopic (exact) mass is 212 g/mol. The van der Waals surface area contributed by atoms with Crippen LogP contribution >= 0.6 is 0 Å². The Morgan fingerprint density at radius 3 is 2.75 bits per heavy atom. The van der Waals surface area contributed by atoms with E-state index in [9.17, 15) is 0 Å². The highest BCUT2D eigenvalue weighted by molar-refractivity contribution is 5.87. The second-order valence-corrected chi connectivity index (χ2v) is 3.55. The Hall–Kier alpha value is -2.12. The quantitative estimate of drug-likeness (QED) is 0.782. The maximum Gasteiger partial charge on any atom is 0.124 e. The molecule has 16 heavy (non-hydrogen) atoms. The third-order valence-electron chi connectivity index (χ3n) is 2.50. The van der Waals surface area contributed by atoms with Crippen LogP contribution in [-0.4, -0.2) is 11.5 Å². The molecule has 1 heterocycles. The van der Waals surface area contributed by atoms with Crippen molar-refractivity contribution in [3.63, 3.8) is 0 Å². The van der Waals surface area contributed by atoms with Crippen LogP contribution in [0.1, 0.15) is 11.1 Å². The molecule has 4 N–H and O–H groups in total. The van der Waals surface area contributed by atoms with Crippen LogP contribution in [0.5, 0.6) is 0 Å². The fourth-order valence-corrected chi connectivity index (χ4v) is 1.76. The largest absolute Gasteiger partial charge is 0.384 e. The lowest BCUT2D eigenvalue weighted by atomic mass is 10.0. The molecular weight excluding hydrogens is 200 g/mol. The summed E-state index contributed by atoms with van der Waals surface area (Å²) in [5.74, 6) is 0.461. The van der Waals surface area contributed by atoms with Gasteiger partial charge in [0, 0.05) is 5.39 Å². The van der Waals surface area contributed by atoms with Crippen LogP contribution in [0.4, 0.5) is 5.82 Å². The number of nitriles is 1. The molecule has 0 aliphatic carbocycles. The van der Waals surface area contributed by atoms with Crippen LogP contribution in [0, 0.1) is 11.3 Å². The van der Waals surface area contributed by atoms with Crippen LogP contribution in [0.2, 0.25) is 0 Å². The van der Waals surface area contributed by atoms with Gasteiger partial charge in [-0.25, -0.2) is 4.98 Å². The predicted molar refractivity (Wildman–Crippen MR) is 63.6 cm³/mol. The van der Waals surface area contributed by atoms with Crippen LogP contribution in [0.25, 0.3) is 10.9 Å². The number of pyridine rings is 1. The molecule has 0 aliphatic heterocycles. The minimum Gasteiger partial charge on any atom is -0.384 e. The highest BCUT2D eigenvalue weighted by Crippen LogP contribution is 2.21. The van der Waals surface area contributed by atoms with E-state index in [0.29, 0.717) is 24.3 Å². The molecule has 4 heteroatoms. The van der Waals surface area contributed by atoms with E-state index in [1.165, 1.54) is 0 Å². The third-order valence-corrected chi connectivity index (χ3v) is 2.50. The van der Waals surface area contributed by atoms with E-state index in [1.807, 2.05) is 18.2 Å². The number of hydrogen-bond acceptors (Lipinski definition) is 4. The number of nitrogen functional groups attached to an aromatic ring is 1. The van der Waals surface area contributed by atoms with Gasteiger partial charge in [0.25, 0.3) is 0 Å². The number of nitrogens with zero attached hydrogens (tertiary/aromatic N) is 2. The molecule has 2 rings (SSSR count). The number of fused-ring (bicyclic) bond motifs is 1. The predicted octanol–water partition coefficient (Wildman–Crippen LogP) is 1.19. The molecule has 4 nitrogen and oxygen atoms in total. The molecule has 0 aliphatic rings. The normalized spacial score (nSPS) is 10.2. The fraction of sp³-hybridized carbons (Fsp3) is 0.167. The van der Waals surface area contributed by atoms with Crippen molar-refractivity contribution in [1.29, 1.82) is 5.26 Å².